The number of hydrogen-bond donors (Lipinski definition) is 0. The lowest BCUT2D eigenvalue weighted by atomic mass is 10.2. The van der Waals surface area contributed by atoms with Crippen LogP contribution in [0.2, 0.25) is 0 Å². The van der Waals surface area contributed by atoms with Crippen LogP contribution in [0, 0.1) is 0 Å². The van der Waals surface area contributed by atoms with Crippen LogP contribution in [0.5, 0.6) is 5.75 Å². The van der Waals surface area contributed by atoms with E-state index in [-0.39, 0.29) is 11.7 Å². The highest BCUT2D eigenvalue weighted by atomic mass is 16.5. The molecular formula is C21H19N3O5. The third kappa shape index (κ3) is 4.37. The predicted molar refractivity (Wildman–Crippen MR) is 102 cm³/mol. The predicted octanol–water partition coefficient (Wildman–Crippen LogP) is 3.82. The van der Waals surface area contributed by atoms with Crippen molar-refractivity contribution in [1.29, 1.82) is 0 Å². The van der Waals surface area contributed by atoms with Crippen molar-refractivity contribution in [3.63, 3.8) is 0 Å². The normalized spacial score (nSPS) is 10.8. The summed E-state index contributed by atoms with van der Waals surface area (Å²) in [4.78, 5) is 18.8. The molecule has 3 aromatic heterocycles. The van der Waals surface area contributed by atoms with Crippen LogP contribution in [0.4, 0.5) is 0 Å². The van der Waals surface area contributed by atoms with Crippen LogP contribution in [0.15, 0.2) is 74.4 Å². The quantitative estimate of drug-likeness (QED) is 0.449. The van der Waals surface area contributed by atoms with E-state index in [1.165, 1.54) is 6.26 Å². The highest BCUT2D eigenvalue weighted by Gasteiger charge is 2.21. The van der Waals surface area contributed by atoms with Crippen LogP contribution < -0.4 is 4.74 Å². The van der Waals surface area contributed by atoms with E-state index in [4.69, 9.17) is 18.1 Å². The summed E-state index contributed by atoms with van der Waals surface area (Å²) in [6.45, 7) is 0.670. The average molecular weight is 393 g/mol. The highest BCUT2D eigenvalue weighted by molar-refractivity contribution is 5.91. The zero-order valence-corrected chi connectivity index (χ0v) is 15.8. The number of nitrogens with zero attached hydrogens (tertiary/aromatic N) is 3. The first-order valence-electron chi connectivity index (χ1n) is 9.05. The maximum absolute atomic E-state index is 12.8. The number of benzene rings is 1. The first-order chi connectivity index (χ1) is 14.2. The number of rotatable bonds is 8. The number of ether oxygens (including phenoxy) is 1. The van der Waals surface area contributed by atoms with E-state index >= 15 is 0 Å². The van der Waals surface area contributed by atoms with Crippen molar-refractivity contribution in [3.8, 4) is 17.1 Å². The fourth-order valence-corrected chi connectivity index (χ4v) is 2.87. The van der Waals surface area contributed by atoms with Gasteiger partial charge in [-0.15, -0.1) is 0 Å². The van der Waals surface area contributed by atoms with E-state index in [9.17, 15) is 4.79 Å². The molecule has 0 aliphatic rings. The second-order valence-corrected chi connectivity index (χ2v) is 6.28. The molecule has 0 saturated carbocycles. The summed E-state index contributed by atoms with van der Waals surface area (Å²) in [7, 11) is 1.60. The van der Waals surface area contributed by atoms with Gasteiger partial charge in [0.1, 0.15) is 11.5 Å². The van der Waals surface area contributed by atoms with Crippen LogP contribution in [-0.4, -0.2) is 34.6 Å². The van der Waals surface area contributed by atoms with Gasteiger partial charge in [0, 0.05) is 18.5 Å². The van der Waals surface area contributed by atoms with Gasteiger partial charge in [0.2, 0.25) is 11.7 Å². The number of carbonyl (C=O) groups excluding carboxylic acids is 1. The topological polar surface area (TPSA) is 94.7 Å². The largest absolute Gasteiger partial charge is 0.497 e. The van der Waals surface area contributed by atoms with E-state index < -0.39 is 0 Å². The van der Waals surface area contributed by atoms with Gasteiger partial charge in [-0.3, -0.25) is 4.79 Å². The van der Waals surface area contributed by atoms with Crippen molar-refractivity contribution in [1.82, 2.24) is 15.0 Å². The molecule has 8 heteroatoms. The Labute approximate surface area is 166 Å². The van der Waals surface area contributed by atoms with E-state index in [1.807, 2.05) is 30.3 Å². The molecule has 0 aliphatic heterocycles. The number of furan rings is 2. The summed E-state index contributed by atoms with van der Waals surface area (Å²) in [5.41, 5.74) is 0.790. The maximum atomic E-state index is 12.8. The smallest absolute Gasteiger partial charge is 0.289 e. The molecule has 0 atom stereocenters. The molecule has 0 fully saturated rings. The van der Waals surface area contributed by atoms with Crippen LogP contribution in [0.25, 0.3) is 11.4 Å². The monoisotopic (exact) mass is 393 g/mol. The molecule has 1 amide bonds. The summed E-state index contributed by atoms with van der Waals surface area (Å²) in [5.74, 6) is 2.31. The summed E-state index contributed by atoms with van der Waals surface area (Å²) < 4.78 is 21.2. The molecule has 0 spiro atoms. The van der Waals surface area contributed by atoms with Crippen molar-refractivity contribution in [2.75, 3.05) is 13.7 Å². The van der Waals surface area contributed by atoms with Crippen molar-refractivity contribution < 1.29 is 22.9 Å². The Balaban J connectivity index is 1.47. The molecule has 0 bridgehead atoms. The molecule has 0 aliphatic carbocycles. The maximum Gasteiger partial charge on any atom is 0.289 e. The van der Waals surface area contributed by atoms with Gasteiger partial charge in [0.25, 0.3) is 5.91 Å². The Kier molecular flexibility index (Phi) is 5.42. The molecule has 148 valence electrons. The minimum absolute atomic E-state index is 0.237. The Hall–Kier alpha value is -3.81. The van der Waals surface area contributed by atoms with Gasteiger partial charge in [-0.25, -0.2) is 0 Å². The Morgan fingerprint density at radius 2 is 1.97 bits per heavy atom. The third-order valence-electron chi connectivity index (χ3n) is 4.34. The minimum atomic E-state index is -0.237. The molecule has 29 heavy (non-hydrogen) atoms. The molecule has 4 rings (SSSR count). The lowest BCUT2D eigenvalue weighted by Gasteiger charge is -2.19. The second-order valence-electron chi connectivity index (χ2n) is 6.28. The van der Waals surface area contributed by atoms with Crippen molar-refractivity contribution in [2.24, 2.45) is 0 Å². The van der Waals surface area contributed by atoms with Gasteiger partial charge >= 0.3 is 0 Å². The number of amides is 1. The first-order valence-corrected chi connectivity index (χ1v) is 9.05. The zero-order chi connectivity index (χ0) is 20.1. The van der Waals surface area contributed by atoms with E-state index in [0.29, 0.717) is 42.7 Å². The summed E-state index contributed by atoms with van der Waals surface area (Å²) in [5, 5.41) is 4.03. The van der Waals surface area contributed by atoms with Crippen molar-refractivity contribution in [3.05, 3.63) is 78.5 Å². The van der Waals surface area contributed by atoms with Gasteiger partial charge in [-0.2, -0.15) is 4.98 Å². The lowest BCUT2D eigenvalue weighted by Crippen LogP contribution is -2.32. The molecule has 8 nitrogen and oxygen atoms in total. The molecule has 0 N–H and O–H groups in total. The SMILES string of the molecule is COc1cccc(-c2noc(CCN(Cc3ccco3)C(=O)c3ccco3)n2)c1. The second kappa shape index (κ2) is 8.47. The Morgan fingerprint density at radius 1 is 1.10 bits per heavy atom. The van der Waals surface area contributed by atoms with Gasteiger partial charge < -0.3 is 23.0 Å². The van der Waals surface area contributed by atoms with Crippen molar-refractivity contribution in [2.45, 2.75) is 13.0 Å². The molecule has 0 unspecified atom stereocenters. The molecule has 0 saturated heterocycles. The van der Waals surface area contributed by atoms with Crippen LogP contribution in [-0.2, 0) is 13.0 Å². The molecule has 1 aromatic carbocycles. The Bertz CT molecular complexity index is 1050. The standard InChI is InChI=1S/C21H19N3O5/c1-26-16-6-2-5-15(13-16)20-22-19(29-23-20)9-10-24(14-17-7-3-11-27-17)21(25)18-8-4-12-28-18/h2-8,11-13H,9-10,14H2,1H3. The average Bonchev–Trinajstić information content (AvgIpc) is 3.53. The third-order valence-corrected chi connectivity index (χ3v) is 4.34. The fourth-order valence-electron chi connectivity index (χ4n) is 2.87. The van der Waals surface area contributed by atoms with Gasteiger partial charge in [0.05, 0.1) is 26.2 Å². The fraction of sp³-hybridized carbons (Fsp3) is 0.190. The number of aromatic nitrogens is 2. The van der Waals surface area contributed by atoms with Crippen molar-refractivity contribution >= 4 is 5.91 Å². The molecule has 4 aromatic rings. The molecule has 3 heterocycles. The zero-order valence-electron chi connectivity index (χ0n) is 15.8. The molecular weight excluding hydrogens is 374 g/mol. The van der Waals surface area contributed by atoms with Crippen LogP contribution >= 0.6 is 0 Å². The van der Waals surface area contributed by atoms with Gasteiger partial charge in [-0.1, -0.05) is 17.3 Å². The summed E-state index contributed by atoms with van der Waals surface area (Å²) in [6, 6.07) is 14.3. The number of methoxy groups -OCH3 is 1. The minimum Gasteiger partial charge on any atom is -0.497 e. The summed E-state index contributed by atoms with van der Waals surface area (Å²) in [6.07, 6.45) is 3.43. The Morgan fingerprint density at radius 3 is 2.72 bits per heavy atom. The van der Waals surface area contributed by atoms with E-state index in [1.54, 1.807) is 36.5 Å². The number of carbonyl (C=O) groups is 1. The lowest BCUT2D eigenvalue weighted by molar-refractivity contribution is 0.0697. The van der Waals surface area contributed by atoms with E-state index in [2.05, 4.69) is 10.1 Å². The summed E-state index contributed by atoms with van der Waals surface area (Å²) >= 11 is 0. The van der Waals surface area contributed by atoms with Crippen LogP contribution in [0.3, 0.4) is 0 Å². The van der Waals surface area contributed by atoms with Gasteiger partial charge in [-0.05, 0) is 36.4 Å². The number of hydrogen-bond acceptors (Lipinski definition) is 7. The van der Waals surface area contributed by atoms with E-state index in [0.717, 1.165) is 5.56 Å². The molecule has 0 radical (unpaired) electrons. The highest BCUT2D eigenvalue weighted by Crippen LogP contribution is 2.21. The first kappa shape index (κ1) is 18.5. The van der Waals surface area contributed by atoms with Gasteiger partial charge in [0.15, 0.2) is 5.76 Å². The van der Waals surface area contributed by atoms with Crippen LogP contribution in [0.1, 0.15) is 22.2 Å².